The number of H-pyrrole nitrogens is 1. The van der Waals surface area contributed by atoms with Gasteiger partial charge < -0.3 is 15.0 Å². The molecule has 94 valence electrons. The maximum absolute atomic E-state index is 13.1. The first-order chi connectivity index (χ1) is 8.63. The van der Waals surface area contributed by atoms with E-state index in [1.807, 2.05) is 0 Å². The summed E-state index contributed by atoms with van der Waals surface area (Å²) in [7, 11) is 0. The van der Waals surface area contributed by atoms with Gasteiger partial charge in [0.2, 0.25) is 0 Å². The lowest BCUT2D eigenvalue weighted by atomic mass is 10.2. The normalized spacial score (nSPS) is 19.7. The first kappa shape index (κ1) is 11.2. The summed E-state index contributed by atoms with van der Waals surface area (Å²) in [6.45, 7) is 0.923. The number of aliphatic hydroxyl groups excluding tert-OH is 1. The van der Waals surface area contributed by atoms with E-state index in [-0.39, 0.29) is 11.7 Å². The number of likely N-dealkylation sites (tertiary alicyclic amines) is 1. The van der Waals surface area contributed by atoms with Crippen molar-refractivity contribution in [3.63, 3.8) is 0 Å². The number of aromatic amines is 1. The van der Waals surface area contributed by atoms with Gasteiger partial charge in [-0.1, -0.05) is 0 Å². The molecule has 5 heteroatoms. The SMILES string of the molecule is O=C(c1cc2cc(F)ccc2[nH]1)N1CC[C@@H](O)C1. The lowest BCUT2D eigenvalue weighted by molar-refractivity contribution is 0.0760. The third kappa shape index (κ3) is 1.86. The molecule has 0 aliphatic carbocycles. The van der Waals surface area contributed by atoms with Gasteiger partial charge in [-0.3, -0.25) is 4.79 Å². The summed E-state index contributed by atoms with van der Waals surface area (Å²) in [6.07, 6.45) is 0.177. The van der Waals surface area contributed by atoms with Crippen LogP contribution in [0.15, 0.2) is 24.3 Å². The van der Waals surface area contributed by atoms with Gasteiger partial charge in [-0.25, -0.2) is 4.39 Å². The van der Waals surface area contributed by atoms with Gasteiger partial charge in [-0.05, 0) is 30.7 Å². The van der Waals surface area contributed by atoms with E-state index in [4.69, 9.17) is 0 Å². The molecule has 1 saturated heterocycles. The van der Waals surface area contributed by atoms with Gasteiger partial charge in [-0.2, -0.15) is 0 Å². The van der Waals surface area contributed by atoms with E-state index >= 15 is 0 Å². The number of halogens is 1. The Balaban J connectivity index is 1.92. The van der Waals surface area contributed by atoms with E-state index in [2.05, 4.69) is 4.98 Å². The van der Waals surface area contributed by atoms with Gasteiger partial charge in [0.05, 0.1) is 6.10 Å². The Bertz CT molecular complexity index is 608. The largest absolute Gasteiger partial charge is 0.391 e. The molecule has 0 spiro atoms. The second-order valence-corrected chi connectivity index (χ2v) is 4.61. The summed E-state index contributed by atoms with van der Waals surface area (Å²) >= 11 is 0. The molecule has 0 unspecified atom stereocenters. The number of aliphatic hydroxyl groups is 1. The van der Waals surface area contributed by atoms with Crippen LogP contribution >= 0.6 is 0 Å². The number of rotatable bonds is 1. The summed E-state index contributed by atoms with van der Waals surface area (Å²) in [5, 5.41) is 10.1. The van der Waals surface area contributed by atoms with Crippen molar-refractivity contribution in [2.24, 2.45) is 0 Å². The monoisotopic (exact) mass is 248 g/mol. The lowest BCUT2D eigenvalue weighted by Crippen LogP contribution is -2.29. The van der Waals surface area contributed by atoms with Crippen LogP contribution in [0.1, 0.15) is 16.9 Å². The predicted octanol–water partition coefficient (Wildman–Crippen LogP) is 1.51. The second kappa shape index (κ2) is 4.10. The van der Waals surface area contributed by atoms with Crippen LogP contribution in [0.5, 0.6) is 0 Å². The Labute approximate surface area is 103 Å². The molecule has 1 fully saturated rings. The van der Waals surface area contributed by atoms with Gasteiger partial charge in [0, 0.05) is 24.0 Å². The molecule has 1 aromatic carbocycles. The number of aromatic nitrogens is 1. The van der Waals surface area contributed by atoms with E-state index in [1.54, 1.807) is 17.0 Å². The molecule has 0 saturated carbocycles. The van der Waals surface area contributed by atoms with Crippen molar-refractivity contribution >= 4 is 16.8 Å². The van der Waals surface area contributed by atoms with Crippen LogP contribution in [0, 0.1) is 5.82 Å². The van der Waals surface area contributed by atoms with E-state index in [9.17, 15) is 14.3 Å². The predicted molar refractivity (Wildman–Crippen MR) is 64.8 cm³/mol. The third-order valence-electron chi connectivity index (χ3n) is 3.26. The van der Waals surface area contributed by atoms with E-state index < -0.39 is 6.10 Å². The van der Waals surface area contributed by atoms with Crippen molar-refractivity contribution < 1.29 is 14.3 Å². The van der Waals surface area contributed by atoms with Gasteiger partial charge in [-0.15, -0.1) is 0 Å². The molecule has 18 heavy (non-hydrogen) atoms. The minimum absolute atomic E-state index is 0.150. The average Bonchev–Trinajstić information content (AvgIpc) is 2.93. The summed E-state index contributed by atoms with van der Waals surface area (Å²) in [5.41, 5.74) is 1.17. The van der Waals surface area contributed by atoms with E-state index in [0.29, 0.717) is 30.6 Å². The molecule has 2 aromatic rings. The molecule has 1 amide bonds. The van der Waals surface area contributed by atoms with Gasteiger partial charge in [0.15, 0.2) is 0 Å². The highest BCUT2D eigenvalue weighted by Crippen LogP contribution is 2.19. The van der Waals surface area contributed by atoms with Crippen LogP contribution in [0.3, 0.4) is 0 Å². The molecule has 1 aromatic heterocycles. The zero-order chi connectivity index (χ0) is 12.7. The van der Waals surface area contributed by atoms with Crippen molar-refractivity contribution in [3.05, 3.63) is 35.8 Å². The molecule has 0 radical (unpaired) electrons. The molecule has 1 aliphatic rings. The number of carbonyl (C=O) groups is 1. The number of fused-ring (bicyclic) bond motifs is 1. The Morgan fingerprint density at radius 1 is 1.44 bits per heavy atom. The van der Waals surface area contributed by atoms with E-state index in [1.165, 1.54) is 12.1 Å². The molecule has 4 nitrogen and oxygen atoms in total. The van der Waals surface area contributed by atoms with Crippen LogP contribution < -0.4 is 0 Å². The first-order valence-electron chi connectivity index (χ1n) is 5.89. The van der Waals surface area contributed by atoms with Crippen LogP contribution in [-0.4, -0.2) is 40.1 Å². The fraction of sp³-hybridized carbons (Fsp3) is 0.308. The highest BCUT2D eigenvalue weighted by atomic mass is 19.1. The standard InChI is InChI=1S/C13H13FN2O2/c14-9-1-2-11-8(5-9)6-12(15-11)13(18)16-4-3-10(17)7-16/h1-2,5-6,10,15,17H,3-4,7H2/t10-/m1/s1. The molecular weight excluding hydrogens is 235 g/mol. The number of hydrogen-bond acceptors (Lipinski definition) is 2. The number of amides is 1. The maximum Gasteiger partial charge on any atom is 0.270 e. The number of β-amino-alcohol motifs (C(OH)–C–C–N with tert-alkyl or cyclic N) is 1. The Morgan fingerprint density at radius 3 is 3.00 bits per heavy atom. The summed E-state index contributed by atoms with van der Waals surface area (Å²) in [4.78, 5) is 16.7. The van der Waals surface area contributed by atoms with Crippen molar-refractivity contribution in [2.75, 3.05) is 13.1 Å². The quantitative estimate of drug-likeness (QED) is 0.803. The smallest absolute Gasteiger partial charge is 0.270 e. The molecule has 3 rings (SSSR count). The van der Waals surface area contributed by atoms with Crippen molar-refractivity contribution in [3.8, 4) is 0 Å². The van der Waals surface area contributed by atoms with Crippen LogP contribution in [0.2, 0.25) is 0 Å². The van der Waals surface area contributed by atoms with E-state index in [0.717, 1.165) is 5.52 Å². The molecule has 1 atom stereocenters. The number of hydrogen-bond donors (Lipinski definition) is 2. The van der Waals surface area contributed by atoms with Crippen molar-refractivity contribution in [2.45, 2.75) is 12.5 Å². The second-order valence-electron chi connectivity index (χ2n) is 4.61. The number of benzene rings is 1. The van der Waals surface area contributed by atoms with Gasteiger partial charge in [0.1, 0.15) is 11.5 Å². The fourth-order valence-corrected chi connectivity index (χ4v) is 2.32. The number of nitrogens with one attached hydrogen (secondary N) is 1. The summed E-state index contributed by atoms with van der Waals surface area (Å²) in [5.74, 6) is -0.472. The molecule has 2 heterocycles. The zero-order valence-corrected chi connectivity index (χ0v) is 9.69. The lowest BCUT2D eigenvalue weighted by Gasteiger charge is -2.13. The zero-order valence-electron chi connectivity index (χ0n) is 9.69. The molecule has 2 N–H and O–H groups in total. The Kier molecular flexibility index (Phi) is 2.56. The minimum Gasteiger partial charge on any atom is -0.391 e. The Morgan fingerprint density at radius 2 is 2.28 bits per heavy atom. The summed E-state index contributed by atoms with van der Waals surface area (Å²) in [6, 6.07) is 6.00. The highest BCUT2D eigenvalue weighted by Gasteiger charge is 2.26. The van der Waals surface area contributed by atoms with Gasteiger partial charge in [0.25, 0.3) is 5.91 Å². The molecule has 1 aliphatic heterocycles. The molecule has 0 bridgehead atoms. The number of nitrogens with zero attached hydrogens (tertiary/aromatic N) is 1. The Hall–Kier alpha value is -1.88. The average molecular weight is 248 g/mol. The fourth-order valence-electron chi connectivity index (χ4n) is 2.32. The molecular formula is C13H13FN2O2. The highest BCUT2D eigenvalue weighted by molar-refractivity contribution is 5.98. The minimum atomic E-state index is -0.434. The topological polar surface area (TPSA) is 56.3 Å². The number of carbonyl (C=O) groups excluding carboxylic acids is 1. The van der Waals surface area contributed by atoms with Crippen molar-refractivity contribution in [1.82, 2.24) is 9.88 Å². The third-order valence-corrected chi connectivity index (χ3v) is 3.26. The maximum atomic E-state index is 13.1. The summed E-state index contributed by atoms with van der Waals surface area (Å²) < 4.78 is 13.1. The van der Waals surface area contributed by atoms with Crippen LogP contribution in [0.25, 0.3) is 10.9 Å². The van der Waals surface area contributed by atoms with Crippen LogP contribution in [0.4, 0.5) is 4.39 Å². The first-order valence-corrected chi connectivity index (χ1v) is 5.89. The van der Waals surface area contributed by atoms with Gasteiger partial charge >= 0.3 is 0 Å². The van der Waals surface area contributed by atoms with Crippen LogP contribution in [-0.2, 0) is 0 Å². The van der Waals surface area contributed by atoms with Crippen molar-refractivity contribution in [1.29, 1.82) is 0 Å².